The Morgan fingerprint density at radius 1 is 1.07 bits per heavy atom. The fourth-order valence-electron chi connectivity index (χ4n) is 3.39. The van der Waals surface area contributed by atoms with Crippen LogP contribution in [0.5, 0.6) is 0 Å². The van der Waals surface area contributed by atoms with E-state index in [0.29, 0.717) is 5.25 Å². The van der Waals surface area contributed by atoms with E-state index in [0.717, 1.165) is 54.2 Å². The van der Waals surface area contributed by atoms with Gasteiger partial charge in [0.05, 0.1) is 0 Å². The number of ether oxygens (including phenoxy) is 1. The number of benzene rings is 1. The molecule has 1 aromatic carbocycles. The second-order valence-corrected chi connectivity index (χ2v) is 7.95. The summed E-state index contributed by atoms with van der Waals surface area (Å²) in [5.41, 5.74) is 3.06. The highest BCUT2D eigenvalue weighted by Crippen LogP contribution is 2.31. The fourth-order valence-corrected chi connectivity index (χ4v) is 4.51. The molecule has 7 heteroatoms. The van der Waals surface area contributed by atoms with Crippen molar-refractivity contribution in [3.63, 3.8) is 0 Å². The zero-order chi connectivity index (χ0) is 18.1. The predicted octanol–water partition coefficient (Wildman–Crippen LogP) is 4.08. The number of nitrogens with one attached hydrogen (secondary N) is 1. The quantitative estimate of drug-likeness (QED) is 0.580. The van der Waals surface area contributed by atoms with Crippen LogP contribution in [0.25, 0.3) is 28.1 Å². The van der Waals surface area contributed by atoms with E-state index in [1.165, 1.54) is 11.2 Å². The highest BCUT2D eigenvalue weighted by molar-refractivity contribution is 8.00. The molecule has 1 saturated heterocycles. The molecule has 0 atom stereocenters. The van der Waals surface area contributed by atoms with E-state index >= 15 is 0 Å². The topological polar surface area (TPSA) is 68.6 Å². The first-order chi connectivity index (χ1) is 13.4. The van der Waals surface area contributed by atoms with Crippen LogP contribution < -0.4 is 0 Å². The van der Waals surface area contributed by atoms with Crippen molar-refractivity contribution in [2.45, 2.75) is 23.0 Å². The summed E-state index contributed by atoms with van der Waals surface area (Å²) >= 11 is 1.92. The first-order valence-electron chi connectivity index (χ1n) is 9.04. The number of fused-ring (bicyclic) bond motifs is 1. The molecule has 27 heavy (non-hydrogen) atoms. The van der Waals surface area contributed by atoms with Gasteiger partial charge in [-0.15, -0.1) is 11.8 Å². The Bertz CT molecular complexity index is 1040. The molecule has 1 aliphatic rings. The summed E-state index contributed by atoms with van der Waals surface area (Å²) in [7, 11) is 0. The standard InChI is InChI=1S/C20H19N5OS/c1-3-16(4-2-14(1)19-22-13-23-24-19)25-8-5-15-11-18(12-21-20(15)25)27-17-6-9-26-10-7-17/h1-5,8,11-13,17H,6-7,9-10H2,(H,22,23,24). The number of H-pyrrole nitrogens is 1. The van der Waals surface area contributed by atoms with Crippen LogP contribution >= 0.6 is 11.8 Å². The highest BCUT2D eigenvalue weighted by atomic mass is 32.2. The number of thioether (sulfide) groups is 1. The van der Waals surface area contributed by atoms with Gasteiger partial charge in [-0.2, -0.15) is 5.10 Å². The zero-order valence-corrected chi connectivity index (χ0v) is 15.5. The third-order valence-electron chi connectivity index (χ3n) is 4.81. The number of rotatable bonds is 4. The van der Waals surface area contributed by atoms with Gasteiger partial charge in [-0.05, 0) is 49.2 Å². The summed E-state index contributed by atoms with van der Waals surface area (Å²) in [4.78, 5) is 10.2. The van der Waals surface area contributed by atoms with Gasteiger partial charge < -0.3 is 9.30 Å². The number of hydrogen-bond donors (Lipinski definition) is 1. The third-order valence-corrected chi connectivity index (χ3v) is 6.11. The average molecular weight is 377 g/mol. The SMILES string of the molecule is c1n[nH]c(-c2ccc(-n3ccc4cc(SC5CCOCC5)cnc43)cc2)n1. The van der Waals surface area contributed by atoms with Crippen LogP contribution in [-0.4, -0.2) is 43.2 Å². The summed E-state index contributed by atoms with van der Waals surface area (Å²) in [6, 6.07) is 12.6. The van der Waals surface area contributed by atoms with E-state index in [2.05, 4.69) is 50.2 Å². The van der Waals surface area contributed by atoms with Crippen molar-refractivity contribution < 1.29 is 4.74 Å². The van der Waals surface area contributed by atoms with Crippen molar-refractivity contribution in [1.82, 2.24) is 24.7 Å². The lowest BCUT2D eigenvalue weighted by Gasteiger charge is -2.21. The molecule has 0 bridgehead atoms. The number of aromatic amines is 1. The first kappa shape index (κ1) is 16.5. The van der Waals surface area contributed by atoms with Crippen LogP contribution in [-0.2, 0) is 4.74 Å². The van der Waals surface area contributed by atoms with Crippen molar-refractivity contribution in [2.75, 3.05) is 13.2 Å². The Morgan fingerprint density at radius 2 is 1.93 bits per heavy atom. The molecule has 136 valence electrons. The van der Waals surface area contributed by atoms with Gasteiger partial charge in [-0.3, -0.25) is 5.10 Å². The lowest BCUT2D eigenvalue weighted by atomic mass is 10.2. The van der Waals surface area contributed by atoms with Gasteiger partial charge in [0.25, 0.3) is 0 Å². The van der Waals surface area contributed by atoms with Crippen LogP contribution in [0.15, 0.2) is 60.0 Å². The fraction of sp³-hybridized carbons (Fsp3) is 0.250. The molecule has 0 unspecified atom stereocenters. The van der Waals surface area contributed by atoms with Crippen molar-refractivity contribution in [2.24, 2.45) is 0 Å². The molecule has 0 aliphatic carbocycles. The molecule has 4 heterocycles. The molecule has 5 rings (SSSR count). The summed E-state index contributed by atoms with van der Waals surface area (Å²) in [6.45, 7) is 1.74. The summed E-state index contributed by atoms with van der Waals surface area (Å²) in [5, 5.41) is 8.58. The second kappa shape index (κ2) is 7.17. The number of hydrogen-bond acceptors (Lipinski definition) is 5. The van der Waals surface area contributed by atoms with Crippen molar-refractivity contribution in [1.29, 1.82) is 0 Å². The van der Waals surface area contributed by atoms with Crippen LogP contribution in [0, 0.1) is 0 Å². The largest absolute Gasteiger partial charge is 0.381 e. The minimum Gasteiger partial charge on any atom is -0.381 e. The molecular weight excluding hydrogens is 358 g/mol. The molecule has 0 spiro atoms. The van der Waals surface area contributed by atoms with Crippen LogP contribution in [0.2, 0.25) is 0 Å². The molecule has 0 amide bonds. The van der Waals surface area contributed by atoms with Crippen molar-refractivity contribution in [3.05, 3.63) is 55.1 Å². The smallest absolute Gasteiger partial charge is 0.155 e. The first-order valence-corrected chi connectivity index (χ1v) is 9.92. The van der Waals surface area contributed by atoms with E-state index in [1.807, 2.05) is 30.1 Å². The molecule has 6 nitrogen and oxygen atoms in total. The minimum atomic E-state index is 0.628. The van der Waals surface area contributed by atoms with E-state index < -0.39 is 0 Å². The minimum absolute atomic E-state index is 0.628. The summed E-state index contributed by atoms with van der Waals surface area (Å²) in [6.07, 6.45) is 7.80. The Kier molecular flexibility index (Phi) is 4.39. The van der Waals surface area contributed by atoms with E-state index in [-0.39, 0.29) is 0 Å². The van der Waals surface area contributed by atoms with Gasteiger partial charge in [0, 0.05) is 52.4 Å². The molecule has 1 N–H and O–H groups in total. The maximum absolute atomic E-state index is 5.45. The van der Waals surface area contributed by atoms with Crippen molar-refractivity contribution in [3.8, 4) is 17.1 Å². The van der Waals surface area contributed by atoms with Crippen LogP contribution in [0.1, 0.15) is 12.8 Å². The molecule has 1 fully saturated rings. The molecule has 4 aromatic rings. The molecule has 1 aliphatic heterocycles. The van der Waals surface area contributed by atoms with E-state index in [1.54, 1.807) is 0 Å². The maximum atomic E-state index is 5.45. The van der Waals surface area contributed by atoms with E-state index in [9.17, 15) is 0 Å². The number of nitrogens with zero attached hydrogens (tertiary/aromatic N) is 4. The van der Waals surface area contributed by atoms with Gasteiger partial charge in [0.1, 0.15) is 12.0 Å². The second-order valence-electron chi connectivity index (χ2n) is 6.58. The van der Waals surface area contributed by atoms with Gasteiger partial charge in [0.15, 0.2) is 5.82 Å². The molecule has 0 radical (unpaired) electrons. The summed E-state index contributed by atoms with van der Waals surface area (Å²) < 4.78 is 7.56. The zero-order valence-electron chi connectivity index (χ0n) is 14.7. The maximum Gasteiger partial charge on any atom is 0.155 e. The molecule has 0 saturated carbocycles. The predicted molar refractivity (Wildman–Crippen MR) is 106 cm³/mol. The molecular formula is C20H19N5OS. The van der Waals surface area contributed by atoms with Crippen LogP contribution in [0.3, 0.4) is 0 Å². The van der Waals surface area contributed by atoms with Gasteiger partial charge in [-0.25, -0.2) is 9.97 Å². The van der Waals surface area contributed by atoms with Gasteiger partial charge >= 0.3 is 0 Å². The average Bonchev–Trinajstić information content (AvgIpc) is 3.39. The lowest BCUT2D eigenvalue weighted by molar-refractivity contribution is 0.100. The summed E-state index contributed by atoms with van der Waals surface area (Å²) in [5.74, 6) is 0.770. The van der Waals surface area contributed by atoms with Crippen molar-refractivity contribution >= 4 is 22.8 Å². The normalized spacial score (nSPS) is 15.4. The Hall–Kier alpha value is -2.64. The Labute approximate surface area is 161 Å². The van der Waals surface area contributed by atoms with Crippen LogP contribution in [0.4, 0.5) is 0 Å². The van der Waals surface area contributed by atoms with Gasteiger partial charge in [-0.1, -0.05) is 0 Å². The van der Waals surface area contributed by atoms with E-state index in [4.69, 9.17) is 9.72 Å². The number of aromatic nitrogens is 5. The third kappa shape index (κ3) is 3.36. The Morgan fingerprint density at radius 3 is 2.70 bits per heavy atom. The Balaban J connectivity index is 1.40. The highest BCUT2D eigenvalue weighted by Gasteiger charge is 2.16. The number of pyridine rings is 1. The monoisotopic (exact) mass is 377 g/mol. The molecule has 3 aromatic heterocycles. The lowest BCUT2D eigenvalue weighted by Crippen LogP contribution is -2.17. The van der Waals surface area contributed by atoms with Gasteiger partial charge in [0.2, 0.25) is 0 Å².